The van der Waals surface area contributed by atoms with Gasteiger partial charge in [-0.15, -0.1) is 0 Å². The first kappa shape index (κ1) is 19.5. The minimum Gasteiger partial charge on any atom is -0.465 e. The SMILES string of the molecule is COC(=O)c1ccc(Cn2c(SCc3ccccc3)nc3c(c2=O)CCC3)cc1. The molecule has 3 aromatic rings. The lowest BCUT2D eigenvalue weighted by Crippen LogP contribution is -2.27. The third-order valence-electron chi connectivity index (χ3n) is 5.08. The van der Waals surface area contributed by atoms with E-state index in [9.17, 15) is 9.59 Å². The third kappa shape index (κ3) is 4.27. The number of aromatic nitrogens is 2. The maximum Gasteiger partial charge on any atom is 0.337 e. The van der Waals surface area contributed by atoms with Crippen LogP contribution in [0.15, 0.2) is 64.5 Å². The number of esters is 1. The molecule has 4 rings (SSSR count). The van der Waals surface area contributed by atoms with Crippen molar-refractivity contribution >= 4 is 17.7 Å². The number of carbonyl (C=O) groups excluding carboxylic acids is 1. The topological polar surface area (TPSA) is 61.2 Å². The van der Waals surface area contributed by atoms with E-state index >= 15 is 0 Å². The molecular formula is C23H22N2O3S. The summed E-state index contributed by atoms with van der Waals surface area (Å²) in [6.07, 6.45) is 2.66. The second-order valence-electron chi connectivity index (χ2n) is 7.03. The molecule has 29 heavy (non-hydrogen) atoms. The van der Waals surface area contributed by atoms with Crippen molar-refractivity contribution < 1.29 is 9.53 Å². The molecule has 0 unspecified atom stereocenters. The summed E-state index contributed by atoms with van der Waals surface area (Å²) >= 11 is 1.59. The lowest BCUT2D eigenvalue weighted by atomic mass is 10.1. The summed E-state index contributed by atoms with van der Waals surface area (Å²) in [6.45, 7) is 0.428. The number of methoxy groups -OCH3 is 1. The third-order valence-corrected chi connectivity index (χ3v) is 6.13. The molecule has 0 bridgehead atoms. The summed E-state index contributed by atoms with van der Waals surface area (Å²) in [5.74, 6) is 0.389. The molecular weight excluding hydrogens is 384 g/mol. The Morgan fingerprint density at radius 3 is 2.55 bits per heavy atom. The summed E-state index contributed by atoms with van der Waals surface area (Å²) in [5, 5.41) is 0.747. The smallest absolute Gasteiger partial charge is 0.337 e. The quantitative estimate of drug-likeness (QED) is 0.353. The van der Waals surface area contributed by atoms with Crippen LogP contribution in [0.4, 0.5) is 0 Å². The number of fused-ring (bicyclic) bond motifs is 1. The van der Waals surface area contributed by atoms with Crippen LogP contribution in [0.25, 0.3) is 0 Å². The van der Waals surface area contributed by atoms with Gasteiger partial charge >= 0.3 is 5.97 Å². The molecule has 1 aromatic heterocycles. The molecule has 1 aliphatic carbocycles. The molecule has 0 atom stereocenters. The van der Waals surface area contributed by atoms with E-state index in [1.54, 1.807) is 28.5 Å². The number of rotatable bonds is 6. The van der Waals surface area contributed by atoms with Crippen molar-refractivity contribution in [2.45, 2.75) is 36.7 Å². The van der Waals surface area contributed by atoms with E-state index in [0.29, 0.717) is 12.1 Å². The number of hydrogen-bond acceptors (Lipinski definition) is 5. The minimum absolute atomic E-state index is 0.0557. The molecule has 5 nitrogen and oxygen atoms in total. The Morgan fingerprint density at radius 1 is 1.07 bits per heavy atom. The normalized spacial score (nSPS) is 12.6. The van der Waals surface area contributed by atoms with Crippen molar-refractivity contribution in [1.82, 2.24) is 9.55 Å². The molecule has 0 amide bonds. The lowest BCUT2D eigenvalue weighted by Gasteiger charge is -2.14. The van der Waals surface area contributed by atoms with E-state index in [-0.39, 0.29) is 11.5 Å². The van der Waals surface area contributed by atoms with Gasteiger partial charge in [0.05, 0.1) is 24.9 Å². The Morgan fingerprint density at radius 2 is 1.83 bits per heavy atom. The molecule has 0 saturated carbocycles. The number of thioether (sulfide) groups is 1. The fourth-order valence-corrected chi connectivity index (χ4v) is 4.49. The first-order valence-corrected chi connectivity index (χ1v) is 10.6. The van der Waals surface area contributed by atoms with E-state index in [2.05, 4.69) is 12.1 Å². The van der Waals surface area contributed by atoms with Crippen molar-refractivity contribution in [3.8, 4) is 0 Å². The van der Waals surface area contributed by atoms with E-state index < -0.39 is 0 Å². The second kappa shape index (κ2) is 8.66. The van der Waals surface area contributed by atoms with Gasteiger partial charge in [0.2, 0.25) is 0 Å². The van der Waals surface area contributed by atoms with Crippen LogP contribution >= 0.6 is 11.8 Å². The van der Waals surface area contributed by atoms with Gasteiger partial charge in [-0.05, 0) is 42.5 Å². The number of hydrogen-bond donors (Lipinski definition) is 0. The van der Waals surface area contributed by atoms with Crippen LogP contribution in [0, 0.1) is 0 Å². The molecule has 1 aliphatic rings. The zero-order valence-corrected chi connectivity index (χ0v) is 17.1. The molecule has 6 heteroatoms. The van der Waals surface area contributed by atoms with E-state index in [1.165, 1.54) is 12.7 Å². The number of aryl methyl sites for hydroxylation is 1. The van der Waals surface area contributed by atoms with Crippen molar-refractivity contribution in [2.24, 2.45) is 0 Å². The molecule has 2 aromatic carbocycles. The Kier molecular flexibility index (Phi) is 5.81. The highest BCUT2D eigenvalue weighted by molar-refractivity contribution is 7.98. The van der Waals surface area contributed by atoms with Gasteiger partial charge in [-0.3, -0.25) is 9.36 Å². The highest BCUT2D eigenvalue weighted by Crippen LogP contribution is 2.25. The van der Waals surface area contributed by atoms with E-state index in [1.807, 2.05) is 30.3 Å². The minimum atomic E-state index is -0.368. The largest absolute Gasteiger partial charge is 0.465 e. The molecule has 0 saturated heterocycles. The number of carbonyl (C=O) groups is 1. The zero-order chi connectivity index (χ0) is 20.2. The van der Waals surface area contributed by atoms with Crippen LogP contribution in [0.3, 0.4) is 0 Å². The maximum atomic E-state index is 13.2. The van der Waals surface area contributed by atoms with Crippen LogP contribution in [0.1, 0.15) is 39.2 Å². The van der Waals surface area contributed by atoms with Gasteiger partial charge in [0.25, 0.3) is 5.56 Å². The summed E-state index contributed by atoms with van der Waals surface area (Å²) in [4.78, 5) is 29.6. The van der Waals surface area contributed by atoms with Gasteiger partial charge in [0, 0.05) is 11.3 Å². The van der Waals surface area contributed by atoms with Gasteiger partial charge in [-0.25, -0.2) is 9.78 Å². The van der Waals surface area contributed by atoms with Gasteiger partial charge < -0.3 is 4.74 Å². The average Bonchev–Trinajstić information content (AvgIpc) is 3.24. The van der Waals surface area contributed by atoms with Crippen molar-refractivity contribution in [2.75, 3.05) is 7.11 Å². The first-order valence-electron chi connectivity index (χ1n) is 9.62. The Labute approximate surface area is 173 Å². The predicted octanol–water partition coefficient (Wildman–Crippen LogP) is 3.86. The number of ether oxygens (including phenoxy) is 1. The Balaban J connectivity index is 1.64. The highest BCUT2D eigenvalue weighted by Gasteiger charge is 2.21. The summed E-state index contributed by atoms with van der Waals surface area (Å²) < 4.78 is 6.52. The van der Waals surface area contributed by atoms with Crippen LogP contribution < -0.4 is 5.56 Å². The van der Waals surface area contributed by atoms with Crippen LogP contribution in [0.2, 0.25) is 0 Å². The molecule has 148 valence electrons. The summed E-state index contributed by atoms with van der Waals surface area (Å²) in [7, 11) is 1.36. The summed E-state index contributed by atoms with van der Waals surface area (Å²) in [5.41, 5.74) is 4.49. The fraction of sp³-hybridized carbons (Fsp3) is 0.261. The number of nitrogens with zero attached hydrogens (tertiary/aromatic N) is 2. The Bertz CT molecular complexity index is 1080. The standard InChI is InChI=1S/C23H22N2O3S/c1-28-22(27)18-12-10-16(11-13-18)14-25-21(26)19-8-5-9-20(19)24-23(25)29-15-17-6-3-2-4-7-17/h2-4,6-7,10-13H,5,8-9,14-15H2,1H3. The van der Waals surface area contributed by atoms with Gasteiger partial charge in [0.15, 0.2) is 5.16 Å². The first-order chi connectivity index (χ1) is 14.2. The van der Waals surface area contributed by atoms with Crippen LogP contribution in [-0.4, -0.2) is 22.6 Å². The average molecular weight is 407 g/mol. The fourth-order valence-electron chi connectivity index (χ4n) is 3.53. The molecule has 0 fully saturated rings. The monoisotopic (exact) mass is 406 g/mol. The highest BCUT2D eigenvalue weighted by atomic mass is 32.2. The van der Waals surface area contributed by atoms with Crippen LogP contribution in [0.5, 0.6) is 0 Å². The number of benzene rings is 2. The van der Waals surface area contributed by atoms with E-state index in [0.717, 1.165) is 47.0 Å². The molecule has 0 N–H and O–H groups in total. The van der Waals surface area contributed by atoms with Crippen molar-refractivity contribution in [1.29, 1.82) is 0 Å². The predicted molar refractivity (Wildman–Crippen MR) is 113 cm³/mol. The van der Waals surface area contributed by atoms with Crippen LogP contribution in [-0.2, 0) is 29.9 Å². The summed E-state index contributed by atoms with van der Waals surface area (Å²) in [6, 6.07) is 17.4. The van der Waals surface area contributed by atoms with Gasteiger partial charge in [-0.2, -0.15) is 0 Å². The lowest BCUT2D eigenvalue weighted by molar-refractivity contribution is 0.0600. The molecule has 0 aliphatic heterocycles. The second-order valence-corrected chi connectivity index (χ2v) is 7.97. The molecule has 0 spiro atoms. The van der Waals surface area contributed by atoms with Crippen molar-refractivity contribution in [3.05, 3.63) is 92.9 Å². The molecule has 0 radical (unpaired) electrons. The van der Waals surface area contributed by atoms with E-state index in [4.69, 9.17) is 9.72 Å². The molecule has 1 heterocycles. The maximum absolute atomic E-state index is 13.2. The van der Waals surface area contributed by atoms with Gasteiger partial charge in [0.1, 0.15) is 0 Å². The van der Waals surface area contributed by atoms with Gasteiger partial charge in [-0.1, -0.05) is 54.2 Å². The van der Waals surface area contributed by atoms with Crippen molar-refractivity contribution in [3.63, 3.8) is 0 Å². The Hall–Kier alpha value is -2.86. The zero-order valence-electron chi connectivity index (χ0n) is 16.3.